The van der Waals surface area contributed by atoms with Gasteiger partial charge in [0.1, 0.15) is 0 Å². The van der Waals surface area contributed by atoms with Gasteiger partial charge in [-0.05, 0) is 26.3 Å². The molecule has 0 radical (unpaired) electrons. The van der Waals surface area contributed by atoms with Gasteiger partial charge in [0.2, 0.25) is 5.91 Å². The largest absolute Gasteiger partial charge is 0.355 e. The van der Waals surface area contributed by atoms with Gasteiger partial charge in [0.15, 0.2) is 0 Å². The predicted molar refractivity (Wildman–Crippen MR) is 66.1 cm³/mol. The van der Waals surface area contributed by atoms with Gasteiger partial charge >= 0.3 is 0 Å². The molecule has 1 aliphatic carbocycles. The highest BCUT2D eigenvalue weighted by Crippen LogP contribution is 2.24. The van der Waals surface area contributed by atoms with E-state index in [9.17, 15) is 4.79 Å². The summed E-state index contributed by atoms with van der Waals surface area (Å²) in [5, 5.41) is 2.97. The summed E-state index contributed by atoms with van der Waals surface area (Å²) < 4.78 is 0. The number of amides is 1. The number of hydrogen-bond acceptors (Lipinski definition) is 3. The third kappa shape index (κ3) is 4.49. The Morgan fingerprint density at radius 3 is 2.75 bits per heavy atom. The minimum absolute atomic E-state index is 0.00349. The maximum Gasteiger partial charge on any atom is 0.224 e. The van der Waals surface area contributed by atoms with Crippen molar-refractivity contribution in [1.29, 1.82) is 0 Å². The van der Waals surface area contributed by atoms with Gasteiger partial charge in [-0.2, -0.15) is 0 Å². The van der Waals surface area contributed by atoms with Crippen molar-refractivity contribution in [2.24, 2.45) is 11.7 Å². The molecule has 1 fully saturated rings. The van der Waals surface area contributed by atoms with Crippen LogP contribution in [0.15, 0.2) is 0 Å². The van der Waals surface area contributed by atoms with Gasteiger partial charge in [-0.3, -0.25) is 4.79 Å². The Labute approximate surface area is 98.6 Å². The van der Waals surface area contributed by atoms with Crippen LogP contribution < -0.4 is 11.1 Å². The quantitative estimate of drug-likeness (QED) is 0.637. The molecule has 94 valence electrons. The Morgan fingerprint density at radius 2 is 2.25 bits per heavy atom. The molecule has 0 aromatic heterocycles. The van der Waals surface area contributed by atoms with Crippen molar-refractivity contribution >= 4 is 5.91 Å². The standard InChI is InChI=1S/C12H25N3O/c1-3-4-10(9-13)12(16)14-7-8-15(2)11-5-6-11/h10-11H,3-9,13H2,1-2H3,(H,14,16). The predicted octanol–water partition coefficient (Wildman–Crippen LogP) is 0.572. The molecule has 0 saturated heterocycles. The minimum Gasteiger partial charge on any atom is -0.355 e. The van der Waals surface area contributed by atoms with Crippen LogP contribution in [0.1, 0.15) is 32.6 Å². The van der Waals surface area contributed by atoms with Crippen LogP contribution >= 0.6 is 0 Å². The second-order valence-electron chi connectivity index (χ2n) is 4.72. The Kier molecular flexibility index (Phi) is 5.77. The monoisotopic (exact) mass is 227 g/mol. The molecule has 16 heavy (non-hydrogen) atoms. The van der Waals surface area contributed by atoms with Crippen molar-refractivity contribution in [3.05, 3.63) is 0 Å². The molecule has 1 saturated carbocycles. The van der Waals surface area contributed by atoms with Crippen LogP contribution in [0.5, 0.6) is 0 Å². The number of nitrogens with one attached hydrogen (secondary N) is 1. The Morgan fingerprint density at radius 1 is 1.56 bits per heavy atom. The molecule has 0 spiro atoms. The molecule has 1 amide bonds. The summed E-state index contributed by atoms with van der Waals surface area (Å²) >= 11 is 0. The van der Waals surface area contributed by atoms with Crippen molar-refractivity contribution in [3.8, 4) is 0 Å². The highest BCUT2D eigenvalue weighted by atomic mass is 16.1. The fraction of sp³-hybridized carbons (Fsp3) is 0.917. The van der Waals surface area contributed by atoms with E-state index in [0.717, 1.165) is 32.0 Å². The molecule has 0 aromatic rings. The minimum atomic E-state index is -0.00349. The molecular formula is C12H25N3O. The van der Waals surface area contributed by atoms with Crippen molar-refractivity contribution in [2.45, 2.75) is 38.6 Å². The molecule has 1 rings (SSSR count). The Hall–Kier alpha value is -0.610. The van der Waals surface area contributed by atoms with Gasteiger partial charge < -0.3 is 16.0 Å². The third-order valence-corrected chi connectivity index (χ3v) is 3.23. The molecule has 0 bridgehead atoms. The lowest BCUT2D eigenvalue weighted by molar-refractivity contribution is -0.124. The van der Waals surface area contributed by atoms with Gasteiger partial charge in [-0.15, -0.1) is 0 Å². The topological polar surface area (TPSA) is 58.4 Å². The zero-order valence-corrected chi connectivity index (χ0v) is 10.5. The summed E-state index contributed by atoms with van der Waals surface area (Å²) in [7, 11) is 2.12. The molecular weight excluding hydrogens is 202 g/mol. The van der Waals surface area contributed by atoms with Gasteiger partial charge in [0.25, 0.3) is 0 Å². The number of hydrogen-bond donors (Lipinski definition) is 2. The van der Waals surface area contributed by atoms with E-state index in [4.69, 9.17) is 5.73 Å². The van der Waals surface area contributed by atoms with E-state index in [2.05, 4.69) is 24.2 Å². The molecule has 4 nitrogen and oxygen atoms in total. The van der Waals surface area contributed by atoms with Gasteiger partial charge in [-0.1, -0.05) is 13.3 Å². The number of rotatable bonds is 8. The highest BCUT2D eigenvalue weighted by Gasteiger charge is 2.25. The molecule has 3 N–H and O–H groups in total. The third-order valence-electron chi connectivity index (χ3n) is 3.23. The fourth-order valence-corrected chi connectivity index (χ4v) is 1.90. The van der Waals surface area contributed by atoms with E-state index in [0.29, 0.717) is 6.54 Å². The normalized spacial score (nSPS) is 17.5. The van der Waals surface area contributed by atoms with E-state index in [1.165, 1.54) is 12.8 Å². The van der Waals surface area contributed by atoms with E-state index < -0.39 is 0 Å². The zero-order chi connectivity index (χ0) is 12.0. The van der Waals surface area contributed by atoms with E-state index in [1.54, 1.807) is 0 Å². The molecule has 1 unspecified atom stereocenters. The molecule has 0 aromatic carbocycles. The summed E-state index contributed by atoms with van der Waals surface area (Å²) in [4.78, 5) is 14.0. The van der Waals surface area contributed by atoms with Crippen LogP contribution in [-0.2, 0) is 4.79 Å². The second-order valence-corrected chi connectivity index (χ2v) is 4.72. The van der Waals surface area contributed by atoms with Gasteiger partial charge in [0.05, 0.1) is 5.92 Å². The molecule has 4 heteroatoms. The van der Waals surface area contributed by atoms with Crippen molar-refractivity contribution < 1.29 is 4.79 Å². The molecule has 1 atom stereocenters. The van der Waals surface area contributed by atoms with Crippen molar-refractivity contribution in [3.63, 3.8) is 0 Å². The van der Waals surface area contributed by atoms with Crippen LogP contribution in [0.2, 0.25) is 0 Å². The van der Waals surface area contributed by atoms with Crippen LogP contribution in [0.25, 0.3) is 0 Å². The lowest BCUT2D eigenvalue weighted by Gasteiger charge is -2.18. The first kappa shape index (κ1) is 13.5. The smallest absolute Gasteiger partial charge is 0.224 e. The Balaban J connectivity index is 2.12. The van der Waals surface area contributed by atoms with Crippen molar-refractivity contribution in [2.75, 3.05) is 26.7 Å². The maximum absolute atomic E-state index is 11.7. The van der Waals surface area contributed by atoms with E-state index >= 15 is 0 Å². The van der Waals surface area contributed by atoms with Gasteiger partial charge in [0, 0.05) is 25.7 Å². The number of nitrogens with two attached hydrogens (primary N) is 1. The first-order valence-corrected chi connectivity index (χ1v) is 6.37. The summed E-state index contributed by atoms with van der Waals surface area (Å²) in [6.07, 6.45) is 4.52. The van der Waals surface area contributed by atoms with Crippen LogP contribution in [0.4, 0.5) is 0 Å². The van der Waals surface area contributed by atoms with Crippen LogP contribution in [-0.4, -0.2) is 43.5 Å². The molecule has 0 aliphatic heterocycles. The summed E-state index contributed by atoms with van der Waals surface area (Å²) in [6, 6.07) is 0.762. The van der Waals surface area contributed by atoms with Gasteiger partial charge in [-0.25, -0.2) is 0 Å². The first-order chi connectivity index (χ1) is 7.69. The first-order valence-electron chi connectivity index (χ1n) is 6.37. The lowest BCUT2D eigenvalue weighted by atomic mass is 10.0. The number of likely N-dealkylation sites (N-methyl/N-ethyl adjacent to an activating group) is 1. The lowest BCUT2D eigenvalue weighted by Crippen LogP contribution is -2.39. The number of carbonyl (C=O) groups is 1. The van der Waals surface area contributed by atoms with Crippen molar-refractivity contribution in [1.82, 2.24) is 10.2 Å². The molecule has 0 heterocycles. The van der Waals surface area contributed by atoms with E-state index in [-0.39, 0.29) is 11.8 Å². The summed E-state index contributed by atoms with van der Waals surface area (Å²) in [5.74, 6) is 0.116. The average molecular weight is 227 g/mol. The highest BCUT2D eigenvalue weighted by molar-refractivity contribution is 5.78. The summed E-state index contributed by atoms with van der Waals surface area (Å²) in [5.41, 5.74) is 5.58. The molecule has 1 aliphatic rings. The Bertz CT molecular complexity index is 216. The number of carbonyl (C=O) groups excluding carboxylic acids is 1. The van der Waals surface area contributed by atoms with E-state index in [1.807, 2.05) is 0 Å². The van der Waals surface area contributed by atoms with Crippen LogP contribution in [0.3, 0.4) is 0 Å². The SMILES string of the molecule is CCCC(CN)C(=O)NCCN(C)C1CC1. The van der Waals surface area contributed by atoms with Crippen LogP contribution in [0, 0.1) is 5.92 Å². The fourth-order valence-electron chi connectivity index (χ4n) is 1.90. The summed E-state index contributed by atoms with van der Waals surface area (Å²) in [6.45, 7) is 4.22. The second kappa shape index (κ2) is 6.86. The zero-order valence-electron chi connectivity index (χ0n) is 10.5. The maximum atomic E-state index is 11.7. The average Bonchev–Trinajstić information content (AvgIpc) is 3.09. The number of nitrogens with zero attached hydrogens (tertiary/aromatic N) is 1.